The first kappa shape index (κ1) is 15.2. The van der Waals surface area contributed by atoms with Gasteiger partial charge in [-0.15, -0.1) is 0 Å². The number of halogens is 1. The predicted octanol–water partition coefficient (Wildman–Crippen LogP) is 3.00. The summed E-state index contributed by atoms with van der Waals surface area (Å²) in [6, 6.07) is 14.6. The molecule has 0 bridgehead atoms. The minimum absolute atomic E-state index is 0.128. The van der Waals surface area contributed by atoms with E-state index in [9.17, 15) is 4.39 Å². The number of benzene rings is 2. The van der Waals surface area contributed by atoms with Crippen molar-refractivity contribution in [3.8, 4) is 0 Å². The monoisotopic (exact) mass is 326 g/mol. The molecule has 3 aromatic rings. The Hall–Kier alpha value is -2.73. The van der Waals surface area contributed by atoms with Crippen LogP contribution in [0.3, 0.4) is 0 Å². The van der Waals surface area contributed by atoms with Gasteiger partial charge in [0, 0.05) is 23.6 Å². The summed E-state index contributed by atoms with van der Waals surface area (Å²) in [5, 5.41) is 5.15. The fourth-order valence-corrected chi connectivity index (χ4v) is 2.49. The molecule has 0 saturated carbocycles. The second kappa shape index (κ2) is 6.58. The van der Waals surface area contributed by atoms with Crippen LogP contribution < -0.4 is 11.2 Å². The van der Waals surface area contributed by atoms with Crippen molar-refractivity contribution in [2.75, 3.05) is 0 Å². The van der Waals surface area contributed by atoms with Crippen molar-refractivity contribution in [3.63, 3.8) is 0 Å². The summed E-state index contributed by atoms with van der Waals surface area (Å²) in [6.45, 7) is 0.623. The maximum atomic E-state index is 13.3. The summed E-state index contributed by atoms with van der Waals surface area (Å²) in [6.07, 6.45) is 3.65. The molecule has 0 amide bonds. The van der Waals surface area contributed by atoms with E-state index in [-0.39, 0.29) is 10.9 Å². The van der Waals surface area contributed by atoms with Crippen molar-refractivity contribution in [3.05, 3.63) is 71.7 Å². The van der Waals surface area contributed by atoms with Crippen molar-refractivity contribution in [2.24, 2.45) is 10.8 Å². The van der Waals surface area contributed by atoms with E-state index in [0.717, 1.165) is 22.0 Å². The first-order valence-electron chi connectivity index (χ1n) is 7.04. The van der Waals surface area contributed by atoms with Gasteiger partial charge in [0.2, 0.25) is 0 Å². The van der Waals surface area contributed by atoms with Crippen LogP contribution in [-0.4, -0.2) is 15.9 Å². The molecule has 0 saturated heterocycles. The molecule has 0 fully saturated rings. The van der Waals surface area contributed by atoms with Gasteiger partial charge >= 0.3 is 0 Å². The van der Waals surface area contributed by atoms with Crippen LogP contribution in [0.2, 0.25) is 0 Å². The highest BCUT2D eigenvalue weighted by Gasteiger charge is 2.03. The highest BCUT2D eigenvalue weighted by molar-refractivity contribution is 7.80. The highest BCUT2D eigenvalue weighted by Crippen LogP contribution is 2.18. The van der Waals surface area contributed by atoms with Crippen molar-refractivity contribution >= 4 is 34.4 Å². The third-order valence-electron chi connectivity index (χ3n) is 3.43. The second-order valence-electron chi connectivity index (χ2n) is 5.13. The number of fused-ring (bicyclic) bond motifs is 1. The van der Waals surface area contributed by atoms with Crippen LogP contribution in [0.15, 0.2) is 59.8 Å². The molecule has 0 radical (unpaired) electrons. The molecule has 1 heterocycles. The zero-order chi connectivity index (χ0) is 16.2. The molecule has 6 heteroatoms. The van der Waals surface area contributed by atoms with Gasteiger partial charge in [-0.3, -0.25) is 5.43 Å². The molecule has 3 N–H and O–H groups in total. The molecular formula is C17H15FN4S. The molecule has 0 aliphatic carbocycles. The Morgan fingerprint density at radius 3 is 2.91 bits per heavy atom. The zero-order valence-corrected chi connectivity index (χ0v) is 13.1. The maximum absolute atomic E-state index is 13.3. The number of thiocarbonyl (C=S) groups is 1. The Balaban J connectivity index is 1.84. The van der Waals surface area contributed by atoms with Gasteiger partial charge in [0.05, 0.1) is 6.21 Å². The third-order valence-corrected chi connectivity index (χ3v) is 3.52. The van der Waals surface area contributed by atoms with Crippen LogP contribution in [0.1, 0.15) is 11.1 Å². The Kier molecular flexibility index (Phi) is 4.34. The van der Waals surface area contributed by atoms with Crippen LogP contribution in [0.4, 0.5) is 4.39 Å². The summed E-state index contributed by atoms with van der Waals surface area (Å²) in [4.78, 5) is 0. The van der Waals surface area contributed by atoms with Crippen LogP contribution in [0.5, 0.6) is 0 Å². The lowest BCUT2D eigenvalue weighted by atomic mass is 10.1. The van der Waals surface area contributed by atoms with Crippen LogP contribution >= 0.6 is 12.2 Å². The molecule has 3 rings (SSSR count). The van der Waals surface area contributed by atoms with Gasteiger partial charge < -0.3 is 10.3 Å². The summed E-state index contributed by atoms with van der Waals surface area (Å²) in [5.41, 5.74) is 10.8. The van der Waals surface area contributed by atoms with Gasteiger partial charge in [0.15, 0.2) is 5.11 Å². The van der Waals surface area contributed by atoms with E-state index < -0.39 is 0 Å². The molecular weight excluding hydrogens is 311 g/mol. The third kappa shape index (κ3) is 3.73. The lowest BCUT2D eigenvalue weighted by molar-refractivity contribution is 0.624. The van der Waals surface area contributed by atoms with Crippen molar-refractivity contribution in [2.45, 2.75) is 6.54 Å². The topological polar surface area (TPSA) is 55.3 Å². The molecule has 1 aromatic heterocycles. The summed E-state index contributed by atoms with van der Waals surface area (Å²) >= 11 is 4.69. The normalized spacial score (nSPS) is 11.2. The average molecular weight is 326 g/mol. The second-order valence-corrected chi connectivity index (χ2v) is 5.57. The van der Waals surface area contributed by atoms with Crippen molar-refractivity contribution < 1.29 is 4.39 Å². The molecule has 0 aliphatic rings. The Morgan fingerprint density at radius 1 is 1.26 bits per heavy atom. The average Bonchev–Trinajstić information content (AvgIpc) is 2.89. The van der Waals surface area contributed by atoms with E-state index >= 15 is 0 Å². The van der Waals surface area contributed by atoms with Crippen LogP contribution in [0, 0.1) is 5.82 Å². The molecule has 116 valence electrons. The fraction of sp³-hybridized carbons (Fsp3) is 0.0588. The van der Waals surface area contributed by atoms with Gasteiger partial charge in [0.25, 0.3) is 0 Å². The SMILES string of the molecule is NC(=S)N/N=C/c1ccc2c(ccn2Cc2cccc(F)c2)c1. The van der Waals surface area contributed by atoms with Gasteiger partial charge in [0.1, 0.15) is 5.82 Å². The van der Waals surface area contributed by atoms with Gasteiger partial charge in [-0.1, -0.05) is 18.2 Å². The molecule has 2 aromatic carbocycles. The first-order valence-corrected chi connectivity index (χ1v) is 7.44. The van der Waals surface area contributed by atoms with E-state index in [1.54, 1.807) is 18.3 Å². The Labute approximate surface area is 138 Å². The van der Waals surface area contributed by atoms with E-state index in [4.69, 9.17) is 5.73 Å². The lowest BCUT2D eigenvalue weighted by Crippen LogP contribution is -2.23. The highest BCUT2D eigenvalue weighted by atomic mass is 32.1. The van der Waals surface area contributed by atoms with Gasteiger partial charge in [-0.2, -0.15) is 5.10 Å². The molecule has 0 unspecified atom stereocenters. The summed E-state index contributed by atoms with van der Waals surface area (Å²) in [5.74, 6) is -0.220. The molecule has 23 heavy (non-hydrogen) atoms. The van der Waals surface area contributed by atoms with Gasteiger partial charge in [-0.25, -0.2) is 4.39 Å². The standard InChI is InChI=1S/C17H15FN4S/c18-15-3-1-2-13(9-15)11-22-7-6-14-8-12(4-5-16(14)22)10-20-21-17(19)23/h1-10H,11H2,(H3,19,21,23)/b20-10+. The predicted molar refractivity (Wildman–Crippen MR) is 95.0 cm³/mol. The number of nitrogens with zero attached hydrogens (tertiary/aromatic N) is 2. The zero-order valence-electron chi connectivity index (χ0n) is 12.2. The van der Waals surface area contributed by atoms with Crippen molar-refractivity contribution in [1.82, 2.24) is 9.99 Å². The Bertz CT molecular complexity index is 885. The van der Waals surface area contributed by atoms with E-state index in [0.29, 0.717) is 6.54 Å². The maximum Gasteiger partial charge on any atom is 0.184 e. The molecule has 0 atom stereocenters. The van der Waals surface area contributed by atoms with E-state index in [1.165, 1.54) is 6.07 Å². The number of hydrogen-bond donors (Lipinski definition) is 2. The molecule has 4 nitrogen and oxygen atoms in total. The number of hydrazone groups is 1. The Morgan fingerprint density at radius 2 is 2.13 bits per heavy atom. The number of nitrogens with two attached hydrogens (primary N) is 1. The van der Waals surface area contributed by atoms with Crippen molar-refractivity contribution in [1.29, 1.82) is 0 Å². The van der Waals surface area contributed by atoms with E-state index in [2.05, 4.69) is 27.3 Å². The van der Waals surface area contributed by atoms with Crippen LogP contribution in [-0.2, 0) is 6.54 Å². The van der Waals surface area contributed by atoms with E-state index in [1.807, 2.05) is 36.5 Å². The lowest BCUT2D eigenvalue weighted by Gasteiger charge is -2.06. The number of nitrogens with one attached hydrogen (secondary N) is 1. The summed E-state index contributed by atoms with van der Waals surface area (Å²) in [7, 11) is 0. The number of hydrogen-bond acceptors (Lipinski definition) is 2. The molecule has 0 aliphatic heterocycles. The number of rotatable bonds is 4. The fourth-order valence-electron chi connectivity index (χ4n) is 2.44. The van der Waals surface area contributed by atoms with Crippen LogP contribution in [0.25, 0.3) is 10.9 Å². The first-order chi connectivity index (χ1) is 11.1. The largest absolute Gasteiger partial charge is 0.375 e. The smallest absolute Gasteiger partial charge is 0.184 e. The van der Waals surface area contributed by atoms with Gasteiger partial charge in [-0.05, 0) is 53.7 Å². The number of aromatic nitrogens is 1. The minimum atomic E-state index is -0.220. The summed E-state index contributed by atoms with van der Waals surface area (Å²) < 4.78 is 15.4. The molecule has 0 spiro atoms. The quantitative estimate of drug-likeness (QED) is 0.440. The minimum Gasteiger partial charge on any atom is -0.375 e.